The van der Waals surface area contributed by atoms with Crippen LogP contribution in [0.25, 0.3) is 0 Å². The zero-order valence-corrected chi connectivity index (χ0v) is 6.13. The Labute approximate surface area is 37.7 Å². The van der Waals surface area contributed by atoms with Crippen LogP contribution in [-0.4, -0.2) is 23.1 Å². The minimum absolute atomic E-state index is 0.594. The number of hydrogen-bond acceptors (Lipinski definition) is 1. The molecule has 0 heterocycles. The summed E-state index contributed by atoms with van der Waals surface area (Å²) in [4.78, 5) is 0. The molecule has 0 aromatic rings. The Bertz CT molecular complexity index is 20.0. The second kappa shape index (κ2) is 3.68. The van der Waals surface area contributed by atoms with Crippen molar-refractivity contribution in [1.29, 1.82) is 3.29 Å². The van der Waals surface area contributed by atoms with E-state index in [9.17, 15) is 0 Å². The molecule has 0 spiro atoms. The first kappa shape index (κ1) is 4.68. The van der Waals surface area contributed by atoms with Gasteiger partial charge in [0.1, 0.15) is 0 Å². The van der Waals surface area contributed by atoms with Gasteiger partial charge in [-0.3, -0.25) is 0 Å². The van der Waals surface area contributed by atoms with Crippen LogP contribution in [0, 0.1) is 3.29 Å². The van der Waals surface area contributed by atoms with Crippen LogP contribution < -0.4 is 0 Å². The summed E-state index contributed by atoms with van der Waals surface area (Å²) in [6, 6.07) is 0. The standard InChI is InChI=1S/C2H5.Bi.HN/c1-2;;/h1H2,2H3;;1H. The third kappa shape index (κ3) is 2.68. The van der Waals surface area contributed by atoms with E-state index >= 15 is 0 Å². The van der Waals surface area contributed by atoms with Gasteiger partial charge in [0.2, 0.25) is 0 Å². The van der Waals surface area contributed by atoms with Crippen molar-refractivity contribution in [2.75, 3.05) is 0 Å². The number of rotatable bonds is 1. The van der Waals surface area contributed by atoms with E-state index < -0.39 is 23.1 Å². The predicted molar refractivity (Wildman–Crippen MR) is 19.0 cm³/mol. The Morgan fingerprint density at radius 2 is 2.25 bits per heavy atom. The summed E-state index contributed by atoms with van der Waals surface area (Å²) in [7, 11) is 0. The van der Waals surface area contributed by atoms with Crippen LogP contribution in [0.4, 0.5) is 0 Å². The first-order valence-corrected chi connectivity index (χ1v) is 5.44. The zero-order chi connectivity index (χ0) is 3.41. The van der Waals surface area contributed by atoms with Gasteiger partial charge >= 0.3 is 37.4 Å². The average Bonchev–Trinajstić information content (AvgIpc) is 1.37. The van der Waals surface area contributed by atoms with Crippen molar-refractivity contribution < 1.29 is 0 Å². The van der Waals surface area contributed by atoms with Gasteiger partial charge in [-0.05, 0) is 0 Å². The average molecular weight is 253 g/mol. The molecule has 0 atom stereocenters. The fourth-order valence-corrected chi connectivity index (χ4v) is 0. The van der Waals surface area contributed by atoms with Gasteiger partial charge in [-0.25, -0.2) is 0 Å². The third-order valence-corrected chi connectivity index (χ3v) is 1.39. The van der Waals surface area contributed by atoms with Crippen molar-refractivity contribution in [3.8, 4) is 0 Å². The summed E-state index contributed by atoms with van der Waals surface area (Å²) in [5, 5.41) is 0. The van der Waals surface area contributed by atoms with Crippen LogP contribution in [0.5, 0.6) is 0 Å². The zero-order valence-electron chi connectivity index (χ0n) is 2.65. The molecule has 0 saturated carbocycles. The summed E-state index contributed by atoms with van der Waals surface area (Å²) >= 11 is -0.594. The van der Waals surface area contributed by atoms with Crippen molar-refractivity contribution in [2.24, 2.45) is 0 Å². The number of nitrogens with one attached hydrogen (secondary N) is 1. The number of hydrogen-bond donors (Lipinski definition) is 1. The first-order valence-electron chi connectivity index (χ1n) is 1.25. The van der Waals surface area contributed by atoms with Crippen molar-refractivity contribution >= 4 is 23.1 Å². The molecule has 0 fully saturated rings. The Hall–Kier alpha value is 0.683. The van der Waals surface area contributed by atoms with Crippen LogP contribution in [0.2, 0.25) is 4.13 Å². The molecule has 2 heteroatoms. The molecule has 0 bridgehead atoms. The predicted octanol–water partition coefficient (Wildman–Crippen LogP) is 0.891. The van der Waals surface area contributed by atoms with Gasteiger partial charge in [0, 0.05) is 0 Å². The Kier molecular flexibility index (Phi) is 4.31. The minimum atomic E-state index is -0.594. The summed E-state index contributed by atoms with van der Waals surface area (Å²) < 4.78 is 7.80. The Morgan fingerprint density at radius 1 is 2.00 bits per heavy atom. The van der Waals surface area contributed by atoms with Gasteiger partial charge in [-0.2, -0.15) is 0 Å². The van der Waals surface area contributed by atoms with Crippen molar-refractivity contribution in [3.05, 3.63) is 0 Å². The monoisotopic (exact) mass is 253 g/mol. The molecule has 24 valence electrons. The maximum absolute atomic E-state index is 6.63. The fraction of sp³-hybridized carbons (Fsp3) is 1.00. The molecule has 1 nitrogen and oxygen atoms in total. The maximum atomic E-state index is 6.63. The summed E-state index contributed by atoms with van der Waals surface area (Å²) in [5.74, 6) is 0. The van der Waals surface area contributed by atoms with Crippen LogP contribution in [0.3, 0.4) is 0 Å². The second-order valence-corrected chi connectivity index (χ2v) is 4.16. The van der Waals surface area contributed by atoms with Gasteiger partial charge in [-0.15, -0.1) is 0 Å². The molecule has 0 unspecified atom stereocenters. The molecule has 0 aromatic carbocycles. The molecule has 0 radical (unpaired) electrons. The van der Waals surface area contributed by atoms with Gasteiger partial charge < -0.3 is 0 Å². The van der Waals surface area contributed by atoms with Crippen LogP contribution >= 0.6 is 0 Å². The topological polar surface area (TPSA) is 23.9 Å². The van der Waals surface area contributed by atoms with Gasteiger partial charge in [-0.1, -0.05) is 0 Å². The summed E-state index contributed by atoms with van der Waals surface area (Å²) in [6.07, 6.45) is 0. The molecular weight excluding hydrogens is 247 g/mol. The quantitative estimate of drug-likeness (QED) is 0.671. The van der Waals surface area contributed by atoms with Gasteiger partial charge in [0.05, 0.1) is 0 Å². The van der Waals surface area contributed by atoms with E-state index in [1.807, 2.05) is 0 Å². The normalized spacial score (nSPS) is 6.25. The van der Waals surface area contributed by atoms with E-state index in [2.05, 4.69) is 6.92 Å². The van der Waals surface area contributed by atoms with Crippen LogP contribution in [0.15, 0.2) is 0 Å². The second-order valence-electron chi connectivity index (χ2n) is 0.474. The van der Waals surface area contributed by atoms with Crippen LogP contribution in [-0.2, 0) is 0 Å². The molecule has 0 aliphatic rings. The molecule has 0 aliphatic carbocycles. The van der Waals surface area contributed by atoms with Gasteiger partial charge in [0.15, 0.2) is 0 Å². The summed E-state index contributed by atoms with van der Waals surface area (Å²) in [6.45, 7) is 2.07. The molecule has 1 N–H and O–H groups in total. The molecular formula is C2H6BiN. The van der Waals surface area contributed by atoms with E-state index in [0.717, 1.165) is 0 Å². The van der Waals surface area contributed by atoms with E-state index in [1.54, 1.807) is 0 Å². The fourth-order valence-electron chi connectivity index (χ4n) is 0. The molecule has 0 amide bonds. The van der Waals surface area contributed by atoms with E-state index in [-0.39, 0.29) is 0 Å². The molecule has 0 aliphatic heterocycles. The third-order valence-electron chi connectivity index (χ3n) is 0.158. The van der Waals surface area contributed by atoms with Gasteiger partial charge in [0.25, 0.3) is 0 Å². The Morgan fingerprint density at radius 3 is 2.25 bits per heavy atom. The SMILES string of the molecule is C[CH2][Bi]=[NH]. The first-order chi connectivity index (χ1) is 1.91. The summed E-state index contributed by atoms with van der Waals surface area (Å²) in [5.41, 5.74) is 0. The van der Waals surface area contributed by atoms with E-state index in [0.29, 0.717) is 0 Å². The van der Waals surface area contributed by atoms with E-state index in [4.69, 9.17) is 3.29 Å². The van der Waals surface area contributed by atoms with Crippen molar-refractivity contribution in [1.82, 2.24) is 0 Å². The molecule has 0 aromatic heterocycles. The van der Waals surface area contributed by atoms with Crippen molar-refractivity contribution in [3.63, 3.8) is 0 Å². The Balaban J connectivity index is 2.30. The van der Waals surface area contributed by atoms with E-state index in [1.165, 1.54) is 4.13 Å². The molecule has 4 heavy (non-hydrogen) atoms. The van der Waals surface area contributed by atoms with Crippen molar-refractivity contribution in [2.45, 2.75) is 11.1 Å². The van der Waals surface area contributed by atoms with Crippen LogP contribution in [0.1, 0.15) is 6.92 Å². The molecule has 0 rings (SSSR count). The molecule has 0 saturated heterocycles.